The fraction of sp³-hybridized carbons (Fsp3) is 0.600. The van der Waals surface area contributed by atoms with Gasteiger partial charge < -0.3 is 10.1 Å². The molecule has 0 saturated carbocycles. The van der Waals surface area contributed by atoms with E-state index >= 15 is 0 Å². The molecule has 21 heavy (non-hydrogen) atoms. The second-order valence-corrected chi connectivity index (χ2v) is 7.42. The van der Waals surface area contributed by atoms with Gasteiger partial charge in [0.05, 0.1) is 11.5 Å². The topological polar surface area (TPSA) is 67.4 Å². The quantitative estimate of drug-likeness (QED) is 0.843. The Labute approximate surface area is 127 Å². The molecule has 1 heterocycles. The Balaban J connectivity index is 2.31. The van der Waals surface area contributed by atoms with Crippen molar-refractivity contribution in [1.82, 2.24) is 4.72 Å². The van der Waals surface area contributed by atoms with Gasteiger partial charge in [-0.2, -0.15) is 0 Å². The Hall–Kier alpha value is -1.11. The van der Waals surface area contributed by atoms with Crippen LogP contribution in [0, 0.1) is 5.92 Å². The number of rotatable bonds is 6. The van der Waals surface area contributed by atoms with E-state index in [-0.39, 0.29) is 12.0 Å². The zero-order chi connectivity index (χ0) is 15.5. The summed E-state index contributed by atoms with van der Waals surface area (Å²) in [7, 11) is -1.96. The van der Waals surface area contributed by atoms with E-state index in [4.69, 9.17) is 4.74 Å². The summed E-state index contributed by atoms with van der Waals surface area (Å²) < 4.78 is 33.3. The van der Waals surface area contributed by atoms with Crippen LogP contribution in [0.15, 0.2) is 23.1 Å². The highest BCUT2D eigenvalue weighted by Crippen LogP contribution is 2.28. The molecule has 2 N–H and O–H groups in total. The average molecular weight is 312 g/mol. The smallest absolute Gasteiger partial charge is 0.241 e. The van der Waals surface area contributed by atoms with Crippen molar-refractivity contribution in [2.75, 3.05) is 25.6 Å². The summed E-state index contributed by atoms with van der Waals surface area (Å²) in [5.41, 5.74) is 1.81. The molecule has 0 saturated heterocycles. The van der Waals surface area contributed by atoms with Crippen LogP contribution in [0.25, 0.3) is 0 Å². The SMILES string of the molecule is COCC(NS(=O)(=O)c1cccc2c1CCCN2)C(C)C. The molecule has 1 unspecified atom stereocenters. The van der Waals surface area contributed by atoms with E-state index in [9.17, 15) is 8.42 Å². The Morgan fingerprint density at radius 3 is 2.81 bits per heavy atom. The predicted molar refractivity (Wildman–Crippen MR) is 84.1 cm³/mol. The second-order valence-electron chi connectivity index (χ2n) is 5.74. The van der Waals surface area contributed by atoms with E-state index in [1.165, 1.54) is 0 Å². The Kier molecular flexibility index (Phi) is 5.24. The molecule has 1 atom stereocenters. The lowest BCUT2D eigenvalue weighted by molar-refractivity contribution is 0.157. The van der Waals surface area contributed by atoms with E-state index in [1.807, 2.05) is 19.9 Å². The first-order chi connectivity index (χ1) is 9.95. The number of nitrogens with one attached hydrogen (secondary N) is 2. The lowest BCUT2D eigenvalue weighted by Gasteiger charge is -2.24. The maximum atomic E-state index is 12.7. The van der Waals surface area contributed by atoms with Crippen molar-refractivity contribution in [3.05, 3.63) is 23.8 Å². The minimum absolute atomic E-state index is 0.164. The van der Waals surface area contributed by atoms with Crippen molar-refractivity contribution in [3.63, 3.8) is 0 Å². The van der Waals surface area contributed by atoms with Crippen LogP contribution in [-0.2, 0) is 21.2 Å². The highest BCUT2D eigenvalue weighted by molar-refractivity contribution is 7.89. The molecular weight excluding hydrogens is 288 g/mol. The summed E-state index contributed by atoms with van der Waals surface area (Å²) in [6, 6.07) is 5.17. The van der Waals surface area contributed by atoms with Gasteiger partial charge in [0.15, 0.2) is 0 Å². The molecular formula is C15H24N2O3S. The van der Waals surface area contributed by atoms with Crippen LogP contribution in [0.2, 0.25) is 0 Å². The molecule has 118 valence electrons. The molecule has 1 aromatic carbocycles. The number of hydrogen-bond donors (Lipinski definition) is 2. The molecule has 0 radical (unpaired) electrons. The van der Waals surface area contributed by atoms with Crippen LogP contribution in [0.5, 0.6) is 0 Å². The van der Waals surface area contributed by atoms with Gasteiger partial charge in [-0.25, -0.2) is 13.1 Å². The van der Waals surface area contributed by atoms with Crippen LogP contribution in [0.1, 0.15) is 25.8 Å². The fourth-order valence-corrected chi connectivity index (χ4v) is 4.19. The Bertz CT molecular complexity index is 585. The first-order valence-electron chi connectivity index (χ1n) is 7.32. The van der Waals surface area contributed by atoms with Crippen molar-refractivity contribution in [2.24, 2.45) is 5.92 Å². The number of methoxy groups -OCH3 is 1. The molecule has 1 aromatic rings. The van der Waals surface area contributed by atoms with Gasteiger partial charge in [0.2, 0.25) is 10.0 Å². The van der Waals surface area contributed by atoms with Gasteiger partial charge in [-0.05, 0) is 36.5 Å². The maximum Gasteiger partial charge on any atom is 0.241 e. The average Bonchev–Trinajstić information content (AvgIpc) is 2.46. The third-order valence-corrected chi connectivity index (χ3v) is 5.37. The van der Waals surface area contributed by atoms with Crippen LogP contribution in [0.3, 0.4) is 0 Å². The lowest BCUT2D eigenvalue weighted by atomic mass is 10.0. The molecule has 0 fully saturated rings. The second kappa shape index (κ2) is 6.77. The lowest BCUT2D eigenvalue weighted by Crippen LogP contribution is -2.42. The first-order valence-corrected chi connectivity index (χ1v) is 8.81. The van der Waals surface area contributed by atoms with Gasteiger partial charge >= 0.3 is 0 Å². The van der Waals surface area contributed by atoms with E-state index in [0.717, 1.165) is 30.6 Å². The normalized spacial score (nSPS) is 16.4. The van der Waals surface area contributed by atoms with Crippen molar-refractivity contribution in [1.29, 1.82) is 0 Å². The summed E-state index contributed by atoms with van der Waals surface area (Å²) in [5, 5.41) is 3.26. The van der Waals surface area contributed by atoms with Gasteiger partial charge in [-0.15, -0.1) is 0 Å². The van der Waals surface area contributed by atoms with Crippen LogP contribution in [0.4, 0.5) is 5.69 Å². The third-order valence-electron chi connectivity index (χ3n) is 3.80. The molecule has 0 spiro atoms. The van der Waals surface area contributed by atoms with Crippen molar-refractivity contribution >= 4 is 15.7 Å². The van der Waals surface area contributed by atoms with E-state index in [2.05, 4.69) is 10.0 Å². The standard InChI is InChI=1S/C15H24N2O3S/c1-11(2)14(10-20-3)17-21(18,19)15-8-4-7-13-12(15)6-5-9-16-13/h4,7-8,11,14,16-17H,5-6,9-10H2,1-3H3. The summed E-state index contributed by atoms with van der Waals surface area (Å²) >= 11 is 0. The molecule has 6 heteroatoms. The van der Waals surface area contributed by atoms with Crippen LogP contribution >= 0.6 is 0 Å². The number of hydrogen-bond acceptors (Lipinski definition) is 4. The van der Waals surface area contributed by atoms with Crippen LogP contribution < -0.4 is 10.0 Å². The van der Waals surface area contributed by atoms with E-state index in [0.29, 0.717) is 11.5 Å². The molecule has 1 aliphatic rings. The molecule has 5 nitrogen and oxygen atoms in total. The number of fused-ring (bicyclic) bond motifs is 1. The van der Waals surface area contributed by atoms with E-state index < -0.39 is 10.0 Å². The van der Waals surface area contributed by atoms with Gasteiger partial charge in [-0.1, -0.05) is 19.9 Å². The molecule has 0 bridgehead atoms. The van der Waals surface area contributed by atoms with Gasteiger partial charge in [0.1, 0.15) is 0 Å². The fourth-order valence-electron chi connectivity index (χ4n) is 2.53. The van der Waals surface area contributed by atoms with Gasteiger partial charge in [-0.3, -0.25) is 0 Å². The number of sulfonamides is 1. The van der Waals surface area contributed by atoms with Gasteiger partial charge in [0.25, 0.3) is 0 Å². The maximum absolute atomic E-state index is 12.7. The van der Waals surface area contributed by atoms with Crippen molar-refractivity contribution in [3.8, 4) is 0 Å². The minimum atomic E-state index is -3.54. The summed E-state index contributed by atoms with van der Waals surface area (Å²) in [6.45, 7) is 5.22. The minimum Gasteiger partial charge on any atom is -0.385 e. The molecule has 2 rings (SSSR count). The number of anilines is 1. The summed E-state index contributed by atoms with van der Waals surface area (Å²) in [4.78, 5) is 0.383. The van der Waals surface area contributed by atoms with E-state index in [1.54, 1.807) is 19.2 Å². The molecule has 1 aliphatic heterocycles. The largest absolute Gasteiger partial charge is 0.385 e. The first kappa shape index (κ1) is 16.3. The zero-order valence-corrected chi connectivity index (χ0v) is 13.7. The zero-order valence-electron chi connectivity index (χ0n) is 12.8. The molecule has 0 aromatic heterocycles. The summed E-state index contributed by atoms with van der Waals surface area (Å²) in [6.07, 6.45) is 1.74. The third kappa shape index (κ3) is 3.75. The number of benzene rings is 1. The van der Waals surface area contributed by atoms with Crippen LogP contribution in [-0.4, -0.2) is 34.7 Å². The molecule has 0 aliphatic carbocycles. The molecule has 0 amide bonds. The monoisotopic (exact) mass is 312 g/mol. The predicted octanol–water partition coefficient (Wildman–Crippen LogP) is 1.99. The highest BCUT2D eigenvalue weighted by Gasteiger charge is 2.26. The highest BCUT2D eigenvalue weighted by atomic mass is 32.2. The Morgan fingerprint density at radius 2 is 2.14 bits per heavy atom. The van der Waals surface area contributed by atoms with Crippen molar-refractivity contribution in [2.45, 2.75) is 37.6 Å². The number of ether oxygens (including phenoxy) is 1. The Morgan fingerprint density at radius 1 is 1.38 bits per heavy atom. The van der Waals surface area contributed by atoms with Crippen molar-refractivity contribution < 1.29 is 13.2 Å². The van der Waals surface area contributed by atoms with Gasteiger partial charge in [0, 0.05) is 25.4 Å². The summed E-state index contributed by atoms with van der Waals surface area (Å²) in [5.74, 6) is 0.164.